The number of hydrogen-bond donors (Lipinski definition) is 3. The van der Waals surface area contributed by atoms with Crippen LogP contribution >= 0.6 is 11.6 Å². The van der Waals surface area contributed by atoms with Gasteiger partial charge in [-0.2, -0.15) is 13.2 Å². The van der Waals surface area contributed by atoms with Crippen LogP contribution in [0.25, 0.3) is 10.9 Å². The number of rotatable bonds is 4. The first-order chi connectivity index (χ1) is 17.0. The predicted octanol–water partition coefficient (Wildman–Crippen LogP) is 5.09. The lowest BCUT2D eigenvalue weighted by Gasteiger charge is -2.24. The molecule has 190 valence electrons. The molecule has 1 aliphatic rings. The van der Waals surface area contributed by atoms with Gasteiger partial charge >= 0.3 is 24.1 Å². The fraction of sp³-hybridized carbons (Fsp3) is 0.292. The van der Waals surface area contributed by atoms with Gasteiger partial charge in [0.25, 0.3) is 0 Å². The van der Waals surface area contributed by atoms with Crippen LogP contribution in [0.1, 0.15) is 44.0 Å². The smallest absolute Gasteiger partial charge is 0.417 e. The summed E-state index contributed by atoms with van der Waals surface area (Å²) in [7, 11) is 2.47. The summed E-state index contributed by atoms with van der Waals surface area (Å²) in [5.41, 5.74) is 1.43. The molecule has 4 rings (SSSR count). The number of amides is 2. The molecule has 1 aromatic heterocycles. The van der Waals surface area contributed by atoms with Gasteiger partial charge in [0.1, 0.15) is 0 Å². The number of anilines is 1. The molecule has 2 amide bonds. The monoisotopic (exact) mass is 523 g/mol. The molecule has 0 saturated carbocycles. The fourth-order valence-corrected chi connectivity index (χ4v) is 4.59. The minimum Gasteiger partial charge on any atom is -0.465 e. The van der Waals surface area contributed by atoms with Crippen molar-refractivity contribution in [1.29, 1.82) is 0 Å². The van der Waals surface area contributed by atoms with Gasteiger partial charge in [-0.15, -0.1) is 0 Å². The number of aromatic nitrogens is 1. The highest BCUT2D eigenvalue weighted by molar-refractivity contribution is 6.31. The van der Waals surface area contributed by atoms with Gasteiger partial charge in [0.15, 0.2) is 0 Å². The zero-order chi connectivity index (χ0) is 26.2. The number of urea groups is 1. The van der Waals surface area contributed by atoms with Crippen LogP contribution in [0.15, 0.2) is 30.3 Å². The Kier molecular flexibility index (Phi) is 6.85. The summed E-state index contributed by atoms with van der Waals surface area (Å²) in [6.07, 6.45) is -3.24. The zero-order valence-corrected chi connectivity index (χ0v) is 19.9. The van der Waals surface area contributed by atoms with E-state index in [1.165, 1.54) is 26.4 Å². The molecule has 1 aliphatic carbocycles. The van der Waals surface area contributed by atoms with Gasteiger partial charge in [0.2, 0.25) is 0 Å². The average molecular weight is 524 g/mol. The van der Waals surface area contributed by atoms with Crippen LogP contribution in [0.2, 0.25) is 5.02 Å². The molecule has 3 N–H and O–H groups in total. The van der Waals surface area contributed by atoms with E-state index in [4.69, 9.17) is 21.1 Å². The normalized spacial score (nSPS) is 15.2. The molecule has 36 heavy (non-hydrogen) atoms. The van der Waals surface area contributed by atoms with E-state index in [-0.39, 0.29) is 22.9 Å². The SMILES string of the molecule is COC(=O)c1cc(C(=O)OC)c2c3c([nH]c2c1)CCC(NC(=O)Nc1ccc(Cl)c(C(F)(F)F)c1)C3. The van der Waals surface area contributed by atoms with E-state index in [1.807, 2.05) is 0 Å². The molecular formula is C24H21ClF3N3O5. The highest BCUT2D eigenvalue weighted by atomic mass is 35.5. The molecular weight excluding hydrogens is 503 g/mol. The summed E-state index contributed by atoms with van der Waals surface area (Å²) >= 11 is 5.63. The second kappa shape index (κ2) is 9.73. The van der Waals surface area contributed by atoms with Gasteiger partial charge in [-0.05, 0) is 55.2 Å². The quantitative estimate of drug-likeness (QED) is 0.413. The van der Waals surface area contributed by atoms with Crippen molar-refractivity contribution in [3.05, 3.63) is 63.3 Å². The maximum atomic E-state index is 13.1. The Morgan fingerprint density at radius 2 is 1.81 bits per heavy atom. The molecule has 0 spiro atoms. The van der Waals surface area contributed by atoms with Crippen LogP contribution in [0, 0.1) is 0 Å². The highest BCUT2D eigenvalue weighted by Gasteiger charge is 2.33. The van der Waals surface area contributed by atoms with Gasteiger partial charge in [0, 0.05) is 28.3 Å². The third kappa shape index (κ3) is 4.97. The second-order valence-electron chi connectivity index (χ2n) is 8.24. The van der Waals surface area contributed by atoms with Gasteiger partial charge < -0.3 is 25.1 Å². The lowest BCUT2D eigenvalue weighted by Crippen LogP contribution is -2.41. The highest BCUT2D eigenvalue weighted by Crippen LogP contribution is 2.36. The molecule has 12 heteroatoms. The van der Waals surface area contributed by atoms with E-state index < -0.39 is 34.7 Å². The third-order valence-electron chi connectivity index (χ3n) is 5.97. The van der Waals surface area contributed by atoms with Crippen molar-refractivity contribution in [2.24, 2.45) is 0 Å². The largest absolute Gasteiger partial charge is 0.465 e. The molecule has 1 unspecified atom stereocenters. The van der Waals surface area contributed by atoms with Crippen LogP contribution in [0.3, 0.4) is 0 Å². The number of halogens is 4. The average Bonchev–Trinajstić information content (AvgIpc) is 3.20. The Morgan fingerprint density at radius 1 is 1.08 bits per heavy atom. The van der Waals surface area contributed by atoms with Crippen molar-refractivity contribution < 1.29 is 37.0 Å². The number of carbonyl (C=O) groups is 3. The number of carbonyl (C=O) groups excluding carboxylic acids is 3. The maximum absolute atomic E-state index is 13.1. The fourth-order valence-electron chi connectivity index (χ4n) is 4.36. The molecule has 1 atom stereocenters. The number of aromatic amines is 1. The number of esters is 2. The number of ether oxygens (including phenoxy) is 2. The molecule has 3 aromatic rings. The Labute approximate surface area is 208 Å². The molecule has 0 radical (unpaired) electrons. The minimum absolute atomic E-state index is 0.0591. The molecule has 0 saturated heterocycles. The van der Waals surface area contributed by atoms with E-state index in [9.17, 15) is 27.6 Å². The topological polar surface area (TPSA) is 110 Å². The Balaban J connectivity index is 1.57. The van der Waals surface area contributed by atoms with Gasteiger partial charge in [-0.25, -0.2) is 14.4 Å². The van der Waals surface area contributed by atoms with Crippen molar-refractivity contribution in [2.45, 2.75) is 31.5 Å². The van der Waals surface area contributed by atoms with E-state index >= 15 is 0 Å². The summed E-state index contributed by atoms with van der Waals surface area (Å²) in [5, 5.41) is 5.28. The number of fused-ring (bicyclic) bond motifs is 3. The van der Waals surface area contributed by atoms with E-state index in [0.29, 0.717) is 30.2 Å². The van der Waals surface area contributed by atoms with E-state index in [0.717, 1.165) is 23.4 Å². The predicted molar refractivity (Wildman–Crippen MR) is 125 cm³/mol. The van der Waals surface area contributed by atoms with Crippen molar-refractivity contribution in [1.82, 2.24) is 10.3 Å². The standard InChI is InChI=1S/C24H21ClF3N3O5/c1-35-21(32)11-7-15(22(33)36-2)20-14-9-12(4-6-18(14)31-19(20)8-11)29-23(34)30-13-3-5-17(25)16(10-13)24(26,27)28/h3,5,7-8,10,12,31H,4,6,9H2,1-2H3,(H2,29,30,34). The summed E-state index contributed by atoms with van der Waals surface area (Å²) < 4.78 is 49.0. The number of methoxy groups -OCH3 is 2. The molecule has 0 aliphatic heterocycles. The lowest BCUT2D eigenvalue weighted by molar-refractivity contribution is -0.137. The van der Waals surface area contributed by atoms with Gasteiger partial charge in [0.05, 0.1) is 35.9 Å². The number of alkyl halides is 3. The number of hydrogen-bond acceptors (Lipinski definition) is 5. The first-order valence-electron chi connectivity index (χ1n) is 10.8. The summed E-state index contributed by atoms with van der Waals surface area (Å²) in [4.78, 5) is 40.3. The van der Waals surface area contributed by atoms with Gasteiger partial charge in [-0.1, -0.05) is 11.6 Å². The van der Waals surface area contributed by atoms with Gasteiger partial charge in [-0.3, -0.25) is 0 Å². The molecule has 0 bridgehead atoms. The van der Waals surface area contributed by atoms with E-state index in [2.05, 4.69) is 15.6 Å². The molecule has 0 fully saturated rings. The summed E-state index contributed by atoms with van der Waals surface area (Å²) in [5.74, 6) is -1.25. The van der Waals surface area contributed by atoms with Crippen LogP contribution < -0.4 is 10.6 Å². The van der Waals surface area contributed by atoms with Crippen molar-refractivity contribution >= 4 is 46.2 Å². The molecule has 2 aromatic carbocycles. The molecule has 8 nitrogen and oxygen atoms in total. The van der Waals surface area contributed by atoms with Crippen molar-refractivity contribution in [2.75, 3.05) is 19.5 Å². The molecule has 1 heterocycles. The van der Waals surface area contributed by atoms with Crippen molar-refractivity contribution in [3.8, 4) is 0 Å². The Hall–Kier alpha value is -3.73. The van der Waals surface area contributed by atoms with Crippen LogP contribution in [-0.4, -0.2) is 43.2 Å². The van der Waals surface area contributed by atoms with E-state index in [1.54, 1.807) is 6.07 Å². The number of nitrogens with one attached hydrogen (secondary N) is 3. The number of H-pyrrole nitrogens is 1. The van der Waals surface area contributed by atoms with Crippen LogP contribution in [0.4, 0.5) is 23.7 Å². The maximum Gasteiger partial charge on any atom is 0.417 e. The first kappa shape index (κ1) is 25.4. The van der Waals surface area contributed by atoms with Crippen LogP contribution in [0.5, 0.6) is 0 Å². The number of benzene rings is 2. The van der Waals surface area contributed by atoms with Crippen LogP contribution in [-0.2, 0) is 28.5 Å². The number of aryl methyl sites for hydroxylation is 1. The third-order valence-corrected chi connectivity index (χ3v) is 6.30. The zero-order valence-electron chi connectivity index (χ0n) is 19.1. The first-order valence-corrected chi connectivity index (χ1v) is 11.2. The Bertz CT molecular complexity index is 1370. The summed E-state index contributed by atoms with van der Waals surface area (Å²) in [6, 6.07) is 5.04. The summed E-state index contributed by atoms with van der Waals surface area (Å²) in [6.45, 7) is 0. The minimum atomic E-state index is -4.66. The van der Waals surface area contributed by atoms with Crippen molar-refractivity contribution in [3.63, 3.8) is 0 Å². The lowest BCUT2D eigenvalue weighted by atomic mass is 9.89. The second-order valence-corrected chi connectivity index (χ2v) is 8.65. The Morgan fingerprint density at radius 3 is 2.47 bits per heavy atom.